The molecule has 2 aliphatic heterocycles. The van der Waals surface area contributed by atoms with Crippen molar-refractivity contribution in [1.29, 1.82) is 0 Å². The van der Waals surface area contributed by atoms with Gasteiger partial charge in [0.2, 0.25) is 5.91 Å². The summed E-state index contributed by atoms with van der Waals surface area (Å²) >= 11 is 1.34. The largest absolute Gasteiger partial charge is 0.397 e. The molecule has 3 fully saturated rings. The summed E-state index contributed by atoms with van der Waals surface area (Å²) in [5.74, 6) is 1.63. The molecule has 2 amide bonds. The predicted molar refractivity (Wildman–Crippen MR) is 122 cm³/mol. The Hall–Kier alpha value is -2.22. The van der Waals surface area contributed by atoms with Gasteiger partial charge in [-0.15, -0.1) is 16.4 Å². The van der Waals surface area contributed by atoms with Crippen molar-refractivity contribution in [2.75, 3.05) is 31.9 Å². The van der Waals surface area contributed by atoms with E-state index in [0.717, 1.165) is 34.6 Å². The van der Waals surface area contributed by atoms with Crippen LogP contribution in [-0.2, 0) is 4.79 Å². The van der Waals surface area contributed by atoms with Crippen molar-refractivity contribution < 1.29 is 9.59 Å². The number of nitrogen functional groups attached to an aromatic ring is 1. The van der Waals surface area contributed by atoms with Crippen LogP contribution in [0.5, 0.6) is 0 Å². The van der Waals surface area contributed by atoms with Crippen molar-refractivity contribution in [1.82, 2.24) is 20.0 Å². The van der Waals surface area contributed by atoms with Gasteiger partial charge in [-0.05, 0) is 38.2 Å². The Morgan fingerprint density at radius 1 is 1.00 bits per heavy atom. The molecule has 7 nitrogen and oxygen atoms in total. The van der Waals surface area contributed by atoms with Gasteiger partial charge in [0, 0.05) is 49.8 Å². The van der Waals surface area contributed by atoms with Gasteiger partial charge in [0.25, 0.3) is 5.91 Å². The maximum atomic E-state index is 13.3. The highest BCUT2D eigenvalue weighted by Gasteiger charge is 2.43. The molecule has 2 atom stereocenters. The average molecular weight is 442 g/mol. The van der Waals surface area contributed by atoms with Crippen LogP contribution in [0.1, 0.15) is 59.5 Å². The molecule has 5 rings (SSSR count). The molecule has 0 radical (unpaired) electrons. The first-order valence-electron chi connectivity index (χ1n) is 11.5. The average Bonchev–Trinajstić information content (AvgIpc) is 3.43. The molecule has 31 heavy (non-hydrogen) atoms. The molecule has 2 saturated heterocycles. The quantitative estimate of drug-likeness (QED) is 0.788. The topological polar surface area (TPSA) is 92.4 Å². The fourth-order valence-corrected chi connectivity index (χ4v) is 6.74. The highest BCUT2D eigenvalue weighted by molar-refractivity contribution is 7.21. The third-order valence-corrected chi connectivity index (χ3v) is 8.72. The number of thiophene rings is 1. The van der Waals surface area contributed by atoms with Gasteiger partial charge >= 0.3 is 0 Å². The first kappa shape index (κ1) is 20.7. The van der Waals surface area contributed by atoms with Gasteiger partial charge in [0.1, 0.15) is 9.71 Å². The lowest BCUT2D eigenvalue weighted by Gasteiger charge is -2.25. The first-order chi connectivity index (χ1) is 14.9. The number of amides is 2. The summed E-state index contributed by atoms with van der Waals surface area (Å²) in [7, 11) is 0. The molecular formula is C23H31N5O2S. The van der Waals surface area contributed by atoms with Gasteiger partial charge in [-0.2, -0.15) is 5.10 Å². The first-order valence-corrected chi connectivity index (χ1v) is 12.3. The molecule has 2 aromatic rings. The van der Waals surface area contributed by atoms with Crippen LogP contribution in [0.4, 0.5) is 5.69 Å². The van der Waals surface area contributed by atoms with Gasteiger partial charge in [-0.25, -0.2) is 0 Å². The number of nitrogens with two attached hydrogens (primary N) is 1. The number of hydrogen-bond acceptors (Lipinski definition) is 6. The van der Waals surface area contributed by atoms with Crippen molar-refractivity contribution >= 4 is 39.1 Å². The maximum absolute atomic E-state index is 13.3. The van der Waals surface area contributed by atoms with Gasteiger partial charge in [-0.3, -0.25) is 9.59 Å². The molecule has 0 bridgehead atoms. The van der Waals surface area contributed by atoms with Crippen molar-refractivity contribution in [3.05, 3.63) is 16.1 Å². The van der Waals surface area contributed by atoms with E-state index >= 15 is 0 Å². The van der Waals surface area contributed by atoms with Crippen LogP contribution in [-0.4, -0.2) is 58.0 Å². The Morgan fingerprint density at radius 3 is 2.32 bits per heavy atom. The fraction of sp³-hybridized carbons (Fsp3) is 0.652. The molecule has 0 spiro atoms. The summed E-state index contributed by atoms with van der Waals surface area (Å²) in [4.78, 5) is 31.4. The van der Waals surface area contributed by atoms with Crippen molar-refractivity contribution in [2.45, 2.75) is 52.4 Å². The SMILES string of the molecule is Cc1nnc2sc(C(=O)N3CC4CN(C(=O)CC5CCCCC5)CC4C3)c(N)c2c1C. The maximum Gasteiger partial charge on any atom is 0.266 e. The molecule has 1 aliphatic carbocycles. The van der Waals surface area contributed by atoms with Crippen LogP contribution < -0.4 is 5.73 Å². The van der Waals surface area contributed by atoms with Crippen LogP contribution >= 0.6 is 11.3 Å². The van der Waals surface area contributed by atoms with Gasteiger partial charge in [0.15, 0.2) is 0 Å². The highest BCUT2D eigenvalue weighted by Crippen LogP contribution is 2.38. The number of likely N-dealkylation sites (tertiary alicyclic amines) is 2. The zero-order chi connectivity index (χ0) is 21.7. The third kappa shape index (κ3) is 3.69. The van der Waals surface area contributed by atoms with E-state index in [2.05, 4.69) is 15.1 Å². The van der Waals surface area contributed by atoms with Crippen molar-refractivity contribution in [3.8, 4) is 0 Å². The summed E-state index contributed by atoms with van der Waals surface area (Å²) in [5.41, 5.74) is 8.74. The number of nitrogens with zero attached hydrogens (tertiary/aromatic N) is 4. The number of hydrogen-bond donors (Lipinski definition) is 1. The van der Waals surface area contributed by atoms with Crippen LogP contribution in [0.15, 0.2) is 0 Å². The van der Waals surface area contributed by atoms with Crippen LogP contribution in [0.2, 0.25) is 0 Å². The third-order valence-electron chi connectivity index (χ3n) is 7.64. The number of carbonyl (C=O) groups is 2. The number of fused-ring (bicyclic) bond motifs is 2. The molecular weight excluding hydrogens is 410 g/mol. The van der Waals surface area contributed by atoms with E-state index in [1.807, 2.05) is 18.7 Å². The van der Waals surface area contributed by atoms with Crippen LogP contribution in [0, 0.1) is 31.6 Å². The minimum Gasteiger partial charge on any atom is -0.397 e. The Labute approximate surface area is 187 Å². The Balaban J connectivity index is 1.24. The molecule has 2 unspecified atom stereocenters. The van der Waals surface area contributed by atoms with E-state index in [9.17, 15) is 9.59 Å². The normalized spacial score (nSPS) is 24.2. The molecule has 8 heteroatoms. The van der Waals surface area contributed by atoms with Gasteiger partial charge in [-0.1, -0.05) is 19.3 Å². The van der Waals surface area contributed by atoms with Gasteiger partial charge < -0.3 is 15.5 Å². The van der Waals surface area contributed by atoms with E-state index in [0.29, 0.717) is 53.7 Å². The van der Waals surface area contributed by atoms with E-state index in [1.165, 1.54) is 43.4 Å². The van der Waals surface area contributed by atoms with Crippen LogP contribution in [0.25, 0.3) is 10.2 Å². The second-order valence-electron chi connectivity index (χ2n) is 9.67. The summed E-state index contributed by atoms with van der Waals surface area (Å²) in [6.07, 6.45) is 6.97. The number of anilines is 1. The minimum atomic E-state index is -0.00737. The van der Waals surface area contributed by atoms with Crippen LogP contribution in [0.3, 0.4) is 0 Å². The van der Waals surface area contributed by atoms with Crippen molar-refractivity contribution in [3.63, 3.8) is 0 Å². The molecule has 4 heterocycles. The van der Waals surface area contributed by atoms with E-state index < -0.39 is 0 Å². The summed E-state index contributed by atoms with van der Waals surface area (Å²) in [6, 6.07) is 0. The van der Waals surface area contributed by atoms with Gasteiger partial charge in [0.05, 0.1) is 11.4 Å². The molecule has 2 aromatic heterocycles. The van der Waals surface area contributed by atoms with E-state index in [4.69, 9.17) is 5.73 Å². The standard InChI is InChI=1S/C23H31N5O2S/c1-13-14(2)25-26-22-19(13)20(24)21(31-22)23(30)28-11-16-9-27(10-17(16)12-28)18(29)8-15-6-4-3-5-7-15/h15-17H,3-12,24H2,1-2H3. The lowest BCUT2D eigenvalue weighted by atomic mass is 9.87. The predicted octanol–water partition coefficient (Wildman–Crippen LogP) is 3.39. The molecule has 2 N–H and O–H groups in total. The second-order valence-corrected chi connectivity index (χ2v) is 10.7. The number of aromatic nitrogens is 2. The Bertz CT molecular complexity index is 1010. The zero-order valence-corrected chi connectivity index (χ0v) is 19.2. The molecule has 3 aliphatic rings. The second kappa shape index (κ2) is 8.04. The van der Waals surface area contributed by atoms with E-state index in [1.54, 1.807) is 0 Å². The zero-order valence-electron chi connectivity index (χ0n) is 18.4. The highest BCUT2D eigenvalue weighted by atomic mass is 32.1. The number of aryl methyl sites for hydroxylation is 2. The van der Waals surface area contributed by atoms with E-state index in [-0.39, 0.29) is 5.91 Å². The molecule has 1 saturated carbocycles. The smallest absolute Gasteiger partial charge is 0.266 e. The summed E-state index contributed by atoms with van der Waals surface area (Å²) < 4.78 is 0. The number of rotatable bonds is 3. The summed E-state index contributed by atoms with van der Waals surface area (Å²) in [5, 5.41) is 9.27. The molecule has 0 aromatic carbocycles. The lowest BCUT2D eigenvalue weighted by molar-refractivity contribution is -0.131. The number of carbonyl (C=O) groups excluding carboxylic acids is 2. The summed E-state index contributed by atoms with van der Waals surface area (Å²) in [6.45, 7) is 6.85. The Kier molecular flexibility index (Phi) is 5.36. The van der Waals surface area contributed by atoms with Crippen molar-refractivity contribution in [2.24, 2.45) is 17.8 Å². The minimum absolute atomic E-state index is 0.00737. The molecule has 166 valence electrons. The fourth-order valence-electron chi connectivity index (χ4n) is 5.67. The lowest BCUT2D eigenvalue weighted by Crippen LogP contribution is -2.36. The monoisotopic (exact) mass is 441 g/mol. The Morgan fingerprint density at radius 2 is 1.65 bits per heavy atom.